The lowest BCUT2D eigenvalue weighted by molar-refractivity contribution is 0.483. The van der Waals surface area contributed by atoms with E-state index in [1.807, 2.05) is 12.4 Å². The average molecular weight is 282 g/mol. The van der Waals surface area contributed by atoms with E-state index in [1.165, 1.54) is 10.4 Å². The van der Waals surface area contributed by atoms with Crippen LogP contribution in [0.3, 0.4) is 0 Å². The maximum atomic E-state index is 4.80. The summed E-state index contributed by atoms with van der Waals surface area (Å²) in [6.07, 6.45) is 4.74. The number of thiophene rings is 1. The van der Waals surface area contributed by atoms with Crippen LogP contribution >= 0.6 is 11.3 Å². The molecule has 0 aliphatic carbocycles. The molecule has 0 saturated heterocycles. The van der Waals surface area contributed by atoms with Crippen LogP contribution in [0.1, 0.15) is 18.0 Å². The monoisotopic (exact) mass is 282 g/mol. The highest BCUT2D eigenvalue weighted by atomic mass is 32.1. The lowest BCUT2D eigenvalue weighted by atomic mass is 10.0. The Labute approximate surface area is 121 Å². The fraction of sp³-hybridized carbons (Fsp3) is 0.200. The van der Waals surface area contributed by atoms with E-state index in [0.717, 1.165) is 24.5 Å². The molecule has 3 aromatic heterocycles. The van der Waals surface area contributed by atoms with Gasteiger partial charge in [-0.1, -0.05) is 6.07 Å². The molecule has 4 rings (SSSR count). The Bertz CT molecular complexity index is 703. The summed E-state index contributed by atoms with van der Waals surface area (Å²) in [6.45, 7) is 0.975. The molecule has 0 radical (unpaired) electrons. The van der Waals surface area contributed by atoms with Crippen LogP contribution in [0.25, 0.3) is 10.6 Å². The molecule has 0 aromatic carbocycles. The predicted octanol–water partition coefficient (Wildman–Crippen LogP) is 3.41. The first-order valence-corrected chi connectivity index (χ1v) is 7.57. The zero-order valence-electron chi connectivity index (χ0n) is 10.9. The van der Waals surface area contributed by atoms with Gasteiger partial charge < -0.3 is 5.32 Å². The van der Waals surface area contributed by atoms with E-state index in [1.54, 1.807) is 11.3 Å². The van der Waals surface area contributed by atoms with Crippen LogP contribution in [-0.2, 0) is 0 Å². The number of aromatic nitrogens is 3. The zero-order chi connectivity index (χ0) is 13.4. The average Bonchev–Trinajstić information content (AvgIpc) is 3.16. The Morgan fingerprint density at radius 2 is 2.15 bits per heavy atom. The summed E-state index contributed by atoms with van der Waals surface area (Å²) in [5.74, 6) is 1.10. The van der Waals surface area contributed by atoms with Gasteiger partial charge in [0.25, 0.3) is 0 Å². The van der Waals surface area contributed by atoms with Crippen LogP contribution in [-0.4, -0.2) is 21.3 Å². The van der Waals surface area contributed by atoms with Gasteiger partial charge in [-0.2, -0.15) is 5.10 Å². The van der Waals surface area contributed by atoms with Crippen LogP contribution in [0.15, 0.2) is 48.1 Å². The van der Waals surface area contributed by atoms with Crippen molar-refractivity contribution in [3.63, 3.8) is 0 Å². The molecule has 1 N–H and O–H groups in total. The van der Waals surface area contributed by atoms with Gasteiger partial charge >= 0.3 is 0 Å². The van der Waals surface area contributed by atoms with Crippen molar-refractivity contribution in [2.24, 2.45) is 0 Å². The van der Waals surface area contributed by atoms with Crippen LogP contribution in [0, 0.1) is 0 Å². The SMILES string of the molecule is c1csc(-c2cc3n(n2)C(c2ccncc2)CCN3)c1. The molecule has 0 spiro atoms. The van der Waals surface area contributed by atoms with Gasteiger partial charge in [0.15, 0.2) is 0 Å². The largest absolute Gasteiger partial charge is 0.370 e. The molecule has 0 saturated carbocycles. The van der Waals surface area contributed by atoms with Crippen molar-refractivity contribution < 1.29 is 0 Å². The number of anilines is 1. The molecule has 1 aliphatic rings. The third-order valence-corrected chi connectivity index (χ3v) is 4.51. The normalized spacial score (nSPS) is 17.5. The number of nitrogens with one attached hydrogen (secondary N) is 1. The number of nitrogens with zero attached hydrogens (tertiary/aromatic N) is 3. The van der Waals surface area contributed by atoms with Crippen LogP contribution < -0.4 is 5.32 Å². The highest BCUT2D eigenvalue weighted by Crippen LogP contribution is 2.33. The molecule has 1 unspecified atom stereocenters. The summed E-state index contributed by atoms with van der Waals surface area (Å²) < 4.78 is 2.11. The molecule has 4 nitrogen and oxygen atoms in total. The minimum Gasteiger partial charge on any atom is -0.370 e. The van der Waals surface area contributed by atoms with Gasteiger partial charge in [-0.15, -0.1) is 11.3 Å². The van der Waals surface area contributed by atoms with Gasteiger partial charge in [-0.05, 0) is 35.6 Å². The molecule has 1 atom stereocenters. The number of hydrogen-bond donors (Lipinski definition) is 1. The van der Waals surface area contributed by atoms with Crippen molar-refractivity contribution in [1.82, 2.24) is 14.8 Å². The van der Waals surface area contributed by atoms with Gasteiger partial charge in [0.05, 0.1) is 10.9 Å². The van der Waals surface area contributed by atoms with E-state index >= 15 is 0 Å². The van der Waals surface area contributed by atoms with Gasteiger partial charge in [0.1, 0.15) is 11.5 Å². The first-order valence-electron chi connectivity index (χ1n) is 6.69. The van der Waals surface area contributed by atoms with Crippen molar-refractivity contribution in [3.05, 3.63) is 53.7 Å². The highest BCUT2D eigenvalue weighted by molar-refractivity contribution is 7.13. The smallest absolute Gasteiger partial charge is 0.125 e. The van der Waals surface area contributed by atoms with Crippen molar-refractivity contribution in [2.45, 2.75) is 12.5 Å². The summed E-state index contributed by atoms with van der Waals surface area (Å²) in [5.41, 5.74) is 2.31. The third-order valence-electron chi connectivity index (χ3n) is 3.62. The maximum Gasteiger partial charge on any atom is 0.125 e. The van der Waals surface area contributed by atoms with Crippen molar-refractivity contribution in [2.75, 3.05) is 11.9 Å². The molecule has 100 valence electrons. The lowest BCUT2D eigenvalue weighted by Gasteiger charge is -2.25. The quantitative estimate of drug-likeness (QED) is 0.783. The third kappa shape index (κ3) is 1.91. The molecule has 1 aliphatic heterocycles. The highest BCUT2D eigenvalue weighted by Gasteiger charge is 2.23. The van der Waals surface area contributed by atoms with E-state index in [2.05, 4.69) is 50.7 Å². The Morgan fingerprint density at radius 3 is 2.95 bits per heavy atom. The van der Waals surface area contributed by atoms with Gasteiger partial charge in [0.2, 0.25) is 0 Å². The van der Waals surface area contributed by atoms with E-state index in [-0.39, 0.29) is 0 Å². The number of pyridine rings is 1. The second-order valence-corrected chi connectivity index (χ2v) is 5.80. The first kappa shape index (κ1) is 11.7. The summed E-state index contributed by atoms with van der Waals surface area (Å²) in [5, 5.41) is 10.3. The minimum absolute atomic E-state index is 0.294. The molecule has 0 fully saturated rings. The minimum atomic E-state index is 0.294. The molecule has 3 aromatic rings. The molecule has 0 amide bonds. The summed E-state index contributed by atoms with van der Waals surface area (Å²) in [6, 6.07) is 10.8. The fourth-order valence-electron chi connectivity index (χ4n) is 2.66. The van der Waals surface area contributed by atoms with Gasteiger partial charge in [-0.25, -0.2) is 4.68 Å². The fourth-order valence-corrected chi connectivity index (χ4v) is 3.34. The Balaban J connectivity index is 1.78. The van der Waals surface area contributed by atoms with Gasteiger partial charge in [-0.3, -0.25) is 4.98 Å². The van der Waals surface area contributed by atoms with Gasteiger partial charge in [0, 0.05) is 25.0 Å². The Morgan fingerprint density at radius 1 is 1.25 bits per heavy atom. The Kier molecular flexibility index (Phi) is 2.77. The zero-order valence-corrected chi connectivity index (χ0v) is 11.7. The van der Waals surface area contributed by atoms with Crippen molar-refractivity contribution >= 4 is 17.2 Å². The van der Waals surface area contributed by atoms with E-state index in [4.69, 9.17) is 5.10 Å². The van der Waals surface area contributed by atoms with Crippen molar-refractivity contribution in [3.8, 4) is 10.6 Å². The predicted molar refractivity (Wildman–Crippen MR) is 81.0 cm³/mol. The molecule has 4 heterocycles. The maximum absolute atomic E-state index is 4.80. The van der Waals surface area contributed by atoms with Crippen LogP contribution in [0.5, 0.6) is 0 Å². The molecular formula is C15H14N4S. The van der Waals surface area contributed by atoms with Crippen LogP contribution in [0.2, 0.25) is 0 Å². The molecule has 0 bridgehead atoms. The van der Waals surface area contributed by atoms with E-state index in [9.17, 15) is 0 Å². The number of hydrogen-bond acceptors (Lipinski definition) is 4. The molecule has 20 heavy (non-hydrogen) atoms. The topological polar surface area (TPSA) is 42.7 Å². The molecule has 5 heteroatoms. The second-order valence-electron chi connectivity index (χ2n) is 4.85. The van der Waals surface area contributed by atoms with Crippen molar-refractivity contribution in [1.29, 1.82) is 0 Å². The molecular weight excluding hydrogens is 268 g/mol. The van der Waals surface area contributed by atoms with E-state index in [0.29, 0.717) is 6.04 Å². The van der Waals surface area contributed by atoms with E-state index < -0.39 is 0 Å². The second kappa shape index (κ2) is 4.76. The standard InChI is InChI=1S/C15H14N4S/c1-2-14(20-9-1)12-10-15-17-8-5-13(19(15)18-12)11-3-6-16-7-4-11/h1-4,6-7,9-10,13,17H,5,8H2. The summed E-state index contributed by atoms with van der Waals surface area (Å²) in [4.78, 5) is 5.31. The summed E-state index contributed by atoms with van der Waals surface area (Å²) in [7, 11) is 0. The number of rotatable bonds is 2. The van der Waals surface area contributed by atoms with Crippen LogP contribution in [0.4, 0.5) is 5.82 Å². The Hall–Kier alpha value is -2.14. The first-order chi connectivity index (χ1) is 9.92. The number of fused-ring (bicyclic) bond motifs is 1. The summed E-state index contributed by atoms with van der Waals surface area (Å²) >= 11 is 1.72. The lowest BCUT2D eigenvalue weighted by Crippen LogP contribution is -2.24.